The van der Waals surface area contributed by atoms with Crippen molar-refractivity contribution in [1.29, 1.82) is 0 Å². The molecule has 0 aromatic carbocycles. The highest BCUT2D eigenvalue weighted by molar-refractivity contribution is 7.47. The highest BCUT2D eigenvalue weighted by atomic mass is 31.2. The molecule has 0 heterocycles. The number of hydrogen-bond acceptors (Lipinski definition) is 9. The van der Waals surface area contributed by atoms with Gasteiger partial charge in [-0.1, -0.05) is 151 Å². The van der Waals surface area contributed by atoms with E-state index in [-0.39, 0.29) is 19.4 Å². The second kappa shape index (κ2) is 41.6. The lowest BCUT2D eigenvalue weighted by Crippen LogP contribution is -2.29. The average molecular weight is 823 g/mol. The van der Waals surface area contributed by atoms with Crippen LogP contribution in [0.2, 0.25) is 0 Å². The van der Waals surface area contributed by atoms with E-state index in [1.54, 1.807) is 0 Å². The Kier molecular flexibility index (Phi) is 39.7. The minimum atomic E-state index is -4.65. The lowest BCUT2D eigenvalue weighted by Gasteiger charge is -2.20. The fourth-order valence-electron chi connectivity index (χ4n) is 5.44. The zero-order valence-corrected chi connectivity index (χ0v) is 36.4. The van der Waals surface area contributed by atoms with Crippen LogP contribution in [0.3, 0.4) is 0 Å². The van der Waals surface area contributed by atoms with Crippen molar-refractivity contribution in [3.63, 3.8) is 0 Å². The molecule has 0 aliphatic heterocycles. The second-order valence-electron chi connectivity index (χ2n) is 14.4. The second-order valence-corrected chi connectivity index (χ2v) is 15.8. The number of rotatable bonds is 40. The van der Waals surface area contributed by atoms with E-state index in [0.717, 1.165) is 38.5 Å². The molecule has 11 heteroatoms. The molecule has 0 amide bonds. The Hall–Kier alpha value is -2.59. The summed E-state index contributed by atoms with van der Waals surface area (Å²) in [6.45, 7) is 2.24. The number of aliphatic hydroxyl groups excluding tert-OH is 2. The first-order chi connectivity index (χ1) is 27.7. The predicted molar refractivity (Wildman–Crippen MR) is 233 cm³/mol. The summed E-state index contributed by atoms with van der Waals surface area (Å²) in [6.07, 6.45) is 47.4. The molecule has 3 atom stereocenters. The van der Waals surface area contributed by atoms with Crippen molar-refractivity contribution in [3.8, 4) is 0 Å². The molecule has 0 bridgehead atoms. The topological polar surface area (TPSA) is 149 Å². The third kappa shape index (κ3) is 41.4. The molecule has 0 fully saturated rings. The van der Waals surface area contributed by atoms with Gasteiger partial charge in [0.15, 0.2) is 6.10 Å². The molecule has 0 aromatic heterocycles. The first kappa shape index (κ1) is 54.4. The van der Waals surface area contributed by atoms with E-state index in [4.69, 9.17) is 19.1 Å². The standard InChI is InChI=1S/C46H79O10P/c1-3-5-7-9-11-13-15-17-19-21-23-25-27-29-31-33-35-37-45(49)53-41-44(42-55-57(51,52)54-40-43(48)39-47)56-46(50)38-36-34-32-30-28-26-24-22-20-18-16-14-12-10-8-6-4-2/h17-20,23-26,29-32,43-44,47-48H,3-16,21-22,27-28,33-42H2,1-2H3,(H,51,52)/b19-17-,20-18-,25-23-,26-24-,31-29-,32-30-/t43-,44+/m0/s1. The number of unbranched alkanes of at least 4 members (excludes halogenated alkanes) is 14. The van der Waals surface area contributed by atoms with Gasteiger partial charge in [0.25, 0.3) is 0 Å². The lowest BCUT2D eigenvalue weighted by molar-refractivity contribution is -0.161. The van der Waals surface area contributed by atoms with Crippen LogP contribution >= 0.6 is 7.82 Å². The quantitative estimate of drug-likeness (QED) is 0.0236. The van der Waals surface area contributed by atoms with Crippen molar-refractivity contribution >= 4 is 19.8 Å². The molecule has 0 radical (unpaired) electrons. The third-order valence-corrected chi connectivity index (χ3v) is 9.78. The first-order valence-corrected chi connectivity index (χ1v) is 23.4. The molecule has 0 rings (SSSR count). The maximum absolute atomic E-state index is 12.6. The molecular weight excluding hydrogens is 743 g/mol. The maximum Gasteiger partial charge on any atom is 0.472 e. The zero-order chi connectivity index (χ0) is 41.9. The number of esters is 2. The van der Waals surface area contributed by atoms with E-state index in [1.807, 2.05) is 12.2 Å². The Morgan fingerprint density at radius 2 is 0.912 bits per heavy atom. The van der Waals surface area contributed by atoms with Gasteiger partial charge >= 0.3 is 19.8 Å². The number of phosphoric acid groups is 1. The van der Waals surface area contributed by atoms with E-state index in [1.165, 1.54) is 77.0 Å². The Bertz CT molecular complexity index is 1180. The number of carbonyl (C=O) groups excluding carboxylic acids is 2. The minimum Gasteiger partial charge on any atom is -0.462 e. The molecule has 0 saturated carbocycles. The first-order valence-electron chi connectivity index (χ1n) is 21.9. The van der Waals surface area contributed by atoms with Crippen LogP contribution in [0.4, 0.5) is 0 Å². The highest BCUT2D eigenvalue weighted by Gasteiger charge is 2.27. The Morgan fingerprint density at radius 1 is 0.526 bits per heavy atom. The van der Waals surface area contributed by atoms with Crippen molar-refractivity contribution in [2.75, 3.05) is 26.4 Å². The zero-order valence-electron chi connectivity index (χ0n) is 35.5. The Labute approximate surface area is 346 Å². The van der Waals surface area contributed by atoms with Crippen LogP contribution in [0.5, 0.6) is 0 Å². The lowest BCUT2D eigenvalue weighted by atomic mass is 10.1. The number of allylic oxidation sites excluding steroid dienone is 12. The normalized spacial score (nSPS) is 14.5. The summed E-state index contributed by atoms with van der Waals surface area (Å²) in [5.41, 5.74) is 0. The van der Waals surface area contributed by atoms with Crippen molar-refractivity contribution < 1.29 is 47.8 Å². The van der Waals surface area contributed by atoms with Crippen LogP contribution < -0.4 is 0 Å². The molecule has 0 aliphatic carbocycles. The molecular formula is C46H79O10P. The Balaban J connectivity index is 4.48. The average Bonchev–Trinajstić information content (AvgIpc) is 3.20. The molecule has 0 spiro atoms. The van der Waals surface area contributed by atoms with Gasteiger partial charge in [0.05, 0.1) is 19.8 Å². The molecule has 328 valence electrons. The molecule has 1 unspecified atom stereocenters. The van der Waals surface area contributed by atoms with Crippen molar-refractivity contribution in [1.82, 2.24) is 0 Å². The van der Waals surface area contributed by atoms with Gasteiger partial charge < -0.3 is 24.6 Å². The number of phosphoric ester groups is 1. The van der Waals surface area contributed by atoms with Crippen LogP contribution in [0.25, 0.3) is 0 Å². The number of carbonyl (C=O) groups is 2. The summed E-state index contributed by atoms with van der Waals surface area (Å²) in [4.78, 5) is 34.9. The van der Waals surface area contributed by atoms with Gasteiger partial charge in [0.2, 0.25) is 0 Å². The number of aliphatic hydroxyl groups is 2. The predicted octanol–water partition coefficient (Wildman–Crippen LogP) is 11.7. The van der Waals surface area contributed by atoms with Crippen LogP contribution in [-0.4, -0.2) is 65.7 Å². The van der Waals surface area contributed by atoms with Gasteiger partial charge in [-0.15, -0.1) is 0 Å². The molecule has 3 N–H and O–H groups in total. The smallest absolute Gasteiger partial charge is 0.462 e. The van der Waals surface area contributed by atoms with Gasteiger partial charge in [0.1, 0.15) is 12.7 Å². The van der Waals surface area contributed by atoms with Gasteiger partial charge in [-0.2, -0.15) is 0 Å². The summed E-state index contributed by atoms with van der Waals surface area (Å²) in [6, 6.07) is 0. The van der Waals surface area contributed by atoms with E-state index in [2.05, 4.69) is 79.1 Å². The summed E-state index contributed by atoms with van der Waals surface area (Å²) >= 11 is 0. The summed E-state index contributed by atoms with van der Waals surface area (Å²) < 4.78 is 32.6. The van der Waals surface area contributed by atoms with Crippen molar-refractivity contribution in [2.45, 2.75) is 180 Å². The third-order valence-electron chi connectivity index (χ3n) is 8.83. The largest absolute Gasteiger partial charge is 0.472 e. The monoisotopic (exact) mass is 823 g/mol. The fourth-order valence-corrected chi connectivity index (χ4v) is 6.23. The van der Waals surface area contributed by atoms with Crippen LogP contribution in [0.15, 0.2) is 72.9 Å². The molecule has 0 saturated heterocycles. The maximum atomic E-state index is 12.6. The molecule has 10 nitrogen and oxygen atoms in total. The van der Waals surface area contributed by atoms with Gasteiger partial charge in [-0.25, -0.2) is 4.57 Å². The van der Waals surface area contributed by atoms with Crippen LogP contribution in [0, 0.1) is 0 Å². The number of hydrogen-bond donors (Lipinski definition) is 3. The van der Waals surface area contributed by atoms with Crippen LogP contribution in [0.1, 0.15) is 168 Å². The fraction of sp³-hybridized carbons (Fsp3) is 0.696. The van der Waals surface area contributed by atoms with Crippen molar-refractivity contribution in [3.05, 3.63) is 72.9 Å². The molecule has 57 heavy (non-hydrogen) atoms. The van der Waals surface area contributed by atoms with Crippen molar-refractivity contribution in [2.24, 2.45) is 0 Å². The van der Waals surface area contributed by atoms with Crippen LogP contribution in [-0.2, 0) is 32.7 Å². The molecule has 0 aliphatic rings. The summed E-state index contributed by atoms with van der Waals surface area (Å²) in [5, 5.41) is 18.3. The van der Waals surface area contributed by atoms with E-state index in [0.29, 0.717) is 25.7 Å². The number of ether oxygens (including phenoxy) is 2. The van der Waals surface area contributed by atoms with Gasteiger partial charge in [-0.05, 0) is 77.0 Å². The van der Waals surface area contributed by atoms with Gasteiger partial charge in [-0.3, -0.25) is 18.6 Å². The summed E-state index contributed by atoms with van der Waals surface area (Å²) in [5.74, 6) is -1.05. The van der Waals surface area contributed by atoms with E-state index >= 15 is 0 Å². The van der Waals surface area contributed by atoms with Gasteiger partial charge in [0, 0.05) is 12.8 Å². The molecule has 0 aromatic rings. The summed E-state index contributed by atoms with van der Waals surface area (Å²) in [7, 11) is -4.65. The highest BCUT2D eigenvalue weighted by Crippen LogP contribution is 2.43. The Morgan fingerprint density at radius 3 is 1.37 bits per heavy atom. The SMILES string of the molecule is CCCCCCCC/C=C\C/C=C\C/C=C\CCCC(=O)OC[C@H](COP(=O)(O)OC[C@@H](O)CO)OC(=O)CCC/C=C\C/C=C\C/C=C\CCCCCCCC. The van der Waals surface area contributed by atoms with E-state index in [9.17, 15) is 24.2 Å². The van der Waals surface area contributed by atoms with E-state index < -0.39 is 51.8 Å². The minimum absolute atomic E-state index is 0.0987.